The molecule has 0 saturated carbocycles. The highest BCUT2D eigenvalue weighted by atomic mass is 16.1. The molecule has 134 valence electrons. The Kier molecular flexibility index (Phi) is 4.47. The lowest BCUT2D eigenvalue weighted by Gasteiger charge is -2.14. The molecule has 2 aromatic carbocycles. The van der Waals surface area contributed by atoms with Gasteiger partial charge >= 0.3 is 0 Å². The van der Waals surface area contributed by atoms with E-state index in [0.717, 1.165) is 47.5 Å². The molecule has 5 heteroatoms. The first-order chi connectivity index (χ1) is 12.6. The van der Waals surface area contributed by atoms with Gasteiger partial charge in [-0.05, 0) is 61.6 Å². The van der Waals surface area contributed by atoms with Crippen LogP contribution in [0.5, 0.6) is 0 Å². The van der Waals surface area contributed by atoms with Crippen LogP contribution in [0.25, 0.3) is 11.0 Å². The smallest absolute Gasteiger partial charge is 0.251 e. The third-order valence-corrected chi connectivity index (χ3v) is 5.35. The van der Waals surface area contributed by atoms with Gasteiger partial charge in [0.1, 0.15) is 5.82 Å². The zero-order valence-corrected chi connectivity index (χ0v) is 15.2. The summed E-state index contributed by atoms with van der Waals surface area (Å²) in [5.74, 6) is 1.15. The number of rotatable bonds is 4. The predicted octanol–water partition coefficient (Wildman–Crippen LogP) is 3.19. The molecule has 5 nitrogen and oxygen atoms in total. The fraction of sp³-hybridized carbons (Fsp3) is 0.333. The van der Waals surface area contributed by atoms with E-state index in [1.54, 1.807) is 0 Å². The average molecular weight is 348 g/mol. The van der Waals surface area contributed by atoms with Crippen LogP contribution >= 0.6 is 0 Å². The van der Waals surface area contributed by atoms with Crippen molar-refractivity contribution in [3.8, 4) is 0 Å². The fourth-order valence-corrected chi connectivity index (χ4v) is 3.69. The van der Waals surface area contributed by atoms with Gasteiger partial charge in [0.2, 0.25) is 0 Å². The van der Waals surface area contributed by atoms with Crippen LogP contribution in [-0.2, 0) is 6.54 Å². The number of aromatic amines is 1. The van der Waals surface area contributed by atoms with Crippen LogP contribution in [0.2, 0.25) is 0 Å². The van der Waals surface area contributed by atoms with Crippen molar-refractivity contribution in [3.63, 3.8) is 0 Å². The normalized spacial score (nSPS) is 16.9. The molecule has 0 aliphatic carbocycles. The number of aromatic nitrogens is 2. The SMILES string of the molecule is Cc1ccc2[nH]c(CNC(=O)c3ccccc3C3CCNC3)nc2c1C. The Hall–Kier alpha value is -2.66. The number of aryl methyl sites for hydroxylation is 2. The molecule has 1 aromatic heterocycles. The molecule has 0 bridgehead atoms. The standard InChI is InChI=1S/C21H24N4O/c1-13-7-8-18-20(14(13)2)25-19(24-18)12-23-21(26)17-6-4-3-5-16(17)15-9-10-22-11-15/h3-8,15,22H,9-12H2,1-2H3,(H,23,26)(H,24,25). The quantitative estimate of drug-likeness (QED) is 0.678. The van der Waals surface area contributed by atoms with E-state index < -0.39 is 0 Å². The second-order valence-electron chi connectivity index (χ2n) is 7.05. The van der Waals surface area contributed by atoms with E-state index in [-0.39, 0.29) is 5.91 Å². The van der Waals surface area contributed by atoms with Crippen molar-refractivity contribution in [3.05, 3.63) is 64.5 Å². The minimum absolute atomic E-state index is 0.0409. The molecular weight excluding hydrogens is 324 g/mol. The first kappa shape index (κ1) is 16.8. The van der Waals surface area contributed by atoms with E-state index in [1.165, 1.54) is 11.1 Å². The largest absolute Gasteiger partial charge is 0.345 e. The summed E-state index contributed by atoms with van der Waals surface area (Å²) in [6.07, 6.45) is 1.08. The lowest BCUT2D eigenvalue weighted by molar-refractivity contribution is 0.0948. The summed E-state index contributed by atoms with van der Waals surface area (Å²) in [7, 11) is 0. The maximum absolute atomic E-state index is 12.8. The minimum Gasteiger partial charge on any atom is -0.345 e. The molecule has 3 aromatic rings. The predicted molar refractivity (Wildman–Crippen MR) is 103 cm³/mol. The molecule has 4 rings (SSSR count). The molecule has 0 radical (unpaired) electrons. The summed E-state index contributed by atoms with van der Waals surface area (Å²) in [6, 6.07) is 12.0. The Labute approximate surface area is 153 Å². The van der Waals surface area contributed by atoms with Crippen LogP contribution in [0.3, 0.4) is 0 Å². The zero-order valence-electron chi connectivity index (χ0n) is 15.2. The molecular formula is C21H24N4O. The summed E-state index contributed by atoms with van der Waals surface area (Å²) in [5, 5.41) is 6.39. The van der Waals surface area contributed by atoms with Crippen LogP contribution < -0.4 is 10.6 Å². The topological polar surface area (TPSA) is 69.8 Å². The van der Waals surface area contributed by atoms with E-state index >= 15 is 0 Å². The summed E-state index contributed by atoms with van der Waals surface area (Å²) >= 11 is 0. The molecule has 1 saturated heterocycles. The van der Waals surface area contributed by atoms with E-state index in [2.05, 4.69) is 46.6 Å². The van der Waals surface area contributed by atoms with E-state index in [9.17, 15) is 4.79 Å². The average Bonchev–Trinajstić information content (AvgIpc) is 3.33. The first-order valence-electron chi connectivity index (χ1n) is 9.16. The van der Waals surface area contributed by atoms with Gasteiger partial charge in [0.25, 0.3) is 5.91 Å². The Morgan fingerprint density at radius 3 is 2.88 bits per heavy atom. The maximum atomic E-state index is 12.8. The van der Waals surface area contributed by atoms with Gasteiger partial charge in [-0.1, -0.05) is 24.3 Å². The Bertz CT molecular complexity index is 954. The highest BCUT2D eigenvalue weighted by Crippen LogP contribution is 2.25. The number of carbonyl (C=O) groups is 1. The number of nitrogens with one attached hydrogen (secondary N) is 3. The van der Waals surface area contributed by atoms with Crippen molar-refractivity contribution in [2.75, 3.05) is 13.1 Å². The van der Waals surface area contributed by atoms with Crippen molar-refractivity contribution in [1.82, 2.24) is 20.6 Å². The molecule has 0 spiro atoms. The number of H-pyrrole nitrogens is 1. The number of amides is 1. The molecule has 26 heavy (non-hydrogen) atoms. The van der Waals surface area contributed by atoms with Crippen LogP contribution in [0, 0.1) is 13.8 Å². The van der Waals surface area contributed by atoms with E-state index in [0.29, 0.717) is 12.5 Å². The third kappa shape index (κ3) is 3.10. The Morgan fingerprint density at radius 2 is 2.08 bits per heavy atom. The minimum atomic E-state index is -0.0409. The highest BCUT2D eigenvalue weighted by molar-refractivity contribution is 5.95. The summed E-state index contributed by atoms with van der Waals surface area (Å²) in [4.78, 5) is 20.7. The van der Waals surface area contributed by atoms with Crippen LogP contribution in [0.4, 0.5) is 0 Å². The molecule has 1 aliphatic rings. The van der Waals surface area contributed by atoms with Crippen LogP contribution in [0.15, 0.2) is 36.4 Å². The number of benzene rings is 2. The van der Waals surface area contributed by atoms with Gasteiger partial charge in [0.15, 0.2) is 0 Å². The van der Waals surface area contributed by atoms with Gasteiger partial charge in [0.05, 0.1) is 17.6 Å². The molecule has 1 amide bonds. The number of imidazole rings is 1. The van der Waals surface area contributed by atoms with Crippen molar-refractivity contribution in [2.24, 2.45) is 0 Å². The first-order valence-corrected chi connectivity index (χ1v) is 9.16. The molecule has 3 N–H and O–H groups in total. The van der Waals surface area contributed by atoms with Crippen LogP contribution in [-0.4, -0.2) is 29.0 Å². The van der Waals surface area contributed by atoms with Gasteiger partial charge in [-0.2, -0.15) is 0 Å². The second-order valence-corrected chi connectivity index (χ2v) is 7.05. The molecule has 1 fully saturated rings. The van der Waals surface area contributed by atoms with Crippen molar-refractivity contribution in [2.45, 2.75) is 32.7 Å². The lowest BCUT2D eigenvalue weighted by atomic mass is 9.93. The van der Waals surface area contributed by atoms with Crippen LogP contribution in [0.1, 0.15) is 45.2 Å². The van der Waals surface area contributed by atoms with Crippen molar-refractivity contribution in [1.29, 1.82) is 0 Å². The number of fused-ring (bicyclic) bond motifs is 1. The van der Waals surface area contributed by atoms with E-state index in [1.807, 2.05) is 24.3 Å². The van der Waals surface area contributed by atoms with Gasteiger partial charge < -0.3 is 15.6 Å². The number of hydrogen-bond acceptors (Lipinski definition) is 3. The number of carbonyl (C=O) groups excluding carboxylic acids is 1. The van der Waals surface area contributed by atoms with Crippen molar-refractivity contribution >= 4 is 16.9 Å². The molecule has 1 atom stereocenters. The lowest BCUT2D eigenvalue weighted by Crippen LogP contribution is -2.25. The number of nitrogens with zero attached hydrogens (tertiary/aromatic N) is 1. The monoisotopic (exact) mass is 348 g/mol. The van der Waals surface area contributed by atoms with Gasteiger partial charge in [-0.25, -0.2) is 4.98 Å². The molecule has 1 unspecified atom stereocenters. The molecule has 2 heterocycles. The third-order valence-electron chi connectivity index (χ3n) is 5.35. The highest BCUT2D eigenvalue weighted by Gasteiger charge is 2.22. The summed E-state index contributed by atoms with van der Waals surface area (Å²) in [5.41, 5.74) is 6.28. The van der Waals surface area contributed by atoms with Gasteiger partial charge in [-0.3, -0.25) is 4.79 Å². The van der Waals surface area contributed by atoms with Gasteiger partial charge in [-0.15, -0.1) is 0 Å². The second kappa shape index (κ2) is 6.92. The Morgan fingerprint density at radius 1 is 1.23 bits per heavy atom. The molecule has 1 aliphatic heterocycles. The van der Waals surface area contributed by atoms with Gasteiger partial charge in [0, 0.05) is 12.1 Å². The van der Waals surface area contributed by atoms with Crippen molar-refractivity contribution < 1.29 is 4.79 Å². The summed E-state index contributed by atoms with van der Waals surface area (Å²) < 4.78 is 0. The number of hydrogen-bond donors (Lipinski definition) is 3. The van der Waals surface area contributed by atoms with E-state index in [4.69, 9.17) is 0 Å². The zero-order chi connectivity index (χ0) is 18.1. The summed E-state index contributed by atoms with van der Waals surface area (Å²) in [6.45, 7) is 6.50. The fourth-order valence-electron chi connectivity index (χ4n) is 3.69. The maximum Gasteiger partial charge on any atom is 0.251 e. The Balaban J connectivity index is 1.52.